The van der Waals surface area contributed by atoms with E-state index in [1.54, 1.807) is 18.9 Å². The SMILES string of the molecule is COc1c(Br)cc(-c2cc(C(=O)O)[nH]n2)cc1SC. The average Bonchev–Trinajstić information content (AvgIpc) is 2.87. The van der Waals surface area contributed by atoms with Crippen molar-refractivity contribution in [3.8, 4) is 17.0 Å². The third-order valence-corrected chi connectivity index (χ3v) is 3.87. The number of hydrogen-bond acceptors (Lipinski definition) is 4. The van der Waals surface area contributed by atoms with Crippen molar-refractivity contribution in [3.05, 3.63) is 28.4 Å². The first-order valence-corrected chi connectivity index (χ1v) is 7.29. The topological polar surface area (TPSA) is 75.2 Å². The molecule has 1 heterocycles. The molecule has 0 radical (unpaired) electrons. The molecule has 0 aliphatic rings. The molecule has 7 heteroatoms. The minimum Gasteiger partial charge on any atom is -0.494 e. The number of nitrogens with one attached hydrogen (secondary N) is 1. The predicted molar refractivity (Wildman–Crippen MR) is 77.0 cm³/mol. The van der Waals surface area contributed by atoms with E-state index in [0.29, 0.717) is 5.69 Å². The summed E-state index contributed by atoms with van der Waals surface area (Å²) in [6.07, 6.45) is 1.95. The number of rotatable bonds is 4. The number of halogens is 1. The lowest BCUT2D eigenvalue weighted by Gasteiger charge is -2.10. The minimum atomic E-state index is -1.03. The number of ether oxygens (including phenoxy) is 1. The van der Waals surface area contributed by atoms with E-state index < -0.39 is 5.97 Å². The van der Waals surface area contributed by atoms with Gasteiger partial charge in [0.25, 0.3) is 0 Å². The van der Waals surface area contributed by atoms with Gasteiger partial charge in [-0.3, -0.25) is 5.10 Å². The van der Waals surface area contributed by atoms with E-state index in [9.17, 15) is 4.79 Å². The lowest BCUT2D eigenvalue weighted by molar-refractivity contribution is 0.0690. The van der Waals surface area contributed by atoms with Crippen LogP contribution in [-0.2, 0) is 0 Å². The summed E-state index contributed by atoms with van der Waals surface area (Å²) in [5.74, 6) is -0.276. The zero-order valence-corrected chi connectivity index (χ0v) is 12.6. The van der Waals surface area contributed by atoms with Gasteiger partial charge in [0.1, 0.15) is 11.4 Å². The molecular weight excluding hydrogens is 332 g/mol. The Morgan fingerprint density at radius 3 is 2.74 bits per heavy atom. The smallest absolute Gasteiger partial charge is 0.353 e. The van der Waals surface area contributed by atoms with Crippen LogP contribution in [0.2, 0.25) is 0 Å². The molecule has 2 N–H and O–H groups in total. The Morgan fingerprint density at radius 1 is 1.47 bits per heavy atom. The van der Waals surface area contributed by atoms with Crippen molar-refractivity contribution in [2.24, 2.45) is 0 Å². The van der Waals surface area contributed by atoms with Crippen LogP contribution < -0.4 is 4.74 Å². The molecule has 0 saturated carbocycles. The van der Waals surface area contributed by atoms with Crippen molar-refractivity contribution in [1.82, 2.24) is 10.2 Å². The van der Waals surface area contributed by atoms with E-state index in [-0.39, 0.29) is 5.69 Å². The molecule has 100 valence electrons. The van der Waals surface area contributed by atoms with Gasteiger partial charge in [0.2, 0.25) is 0 Å². The highest BCUT2D eigenvalue weighted by atomic mass is 79.9. The van der Waals surface area contributed by atoms with Crippen LogP contribution in [0.3, 0.4) is 0 Å². The molecular formula is C12H11BrN2O3S. The lowest BCUT2D eigenvalue weighted by Crippen LogP contribution is -1.95. The molecule has 0 aliphatic heterocycles. The zero-order valence-electron chi connectivity index (χ0n) is 10.2. The van der Waals surface area contributed by atoms with E-state index in [2.05, 4.69) is 26.1 Å². The van der Waals surface area contributed by atoms with E-state index in [1.807, 2.05) is 18.4 Å². The summed E-state index contributed by atoms with van der Waals surface area (Å²) in [4.78, 5) is 11.8. The maximum Gasteiger partial charge on any atom is 0.353 e. The molecule has 0 amide bonds. The van der Waals surface area contributed by atoms with E-state index in [1.165, 1.54) is 6.07 Å². The second-order valence-electron chi connectivity index (χ2n) is 3.67. The number of carbonyl (C=O) groups is 1. The summed E-state index contributed by atoms with van der Waals surface area (Å²) in [6.45, 7) is 0. The Labute approximate surface area is 122 Å². The van der Waals surface area contributed by atoms with Gasteiger partial charge in [-0.15, -0.1) is 11.8 Å². The number of hydrogen-bond donors (Lipinski definition) is 2. The van der Waals surface area contributed by atoms with Crippen molar-refractivity contribution in [3.63, 3.8) is 0 Å². The average molecular weight is 343 g/mol. The monoisotopic (exact) mass is 342 g/mol. The number of H-pyrrole nitrogens is 1. The molecule has 19 heavy (non-hydrogen) atoms. The third-order valence-electron chi connectivity index (χ3n) is 2.54. The fourth-order valence-corrected chi connectivity index (χ4v) is 3.02. The largest absolute Gasteiger partial charge is 0.494 e. The van der Waals surface area contributed by atoms with Gasteiger partial charge in [-0.05, 0) is 40.4 Å². The Balaban J connectivity index is 2.50. The molecule has 0 spiro atoms. The van der Waals surface area contributed by atoms with Crippen molar-refractivity contribution < 1.29 is 14.6 Å². The lowest BCUT2D eigenvalue weighted by atomic mass is 10.1. The molecule has 0 atom stereocenters. The first-order chi connectivity index (χ1) is 9.06. The summed E-state index contributed by atoms with van der Waals surface area (Å²) in [5, 5.41) is 15.4. The van der Waals surface area contributed by atoms with Crippen molar-refractivity contribution in [1.29, 1.82) is 0 Å². The number of carboxylic acids is 1. The van der Waals surface area contributed by atoms with Gasteiger partial charge in [0.05, 0.1) is 22.2 Å². The van der Waals surface area contributed by atoms with Gasteiger partial charge in [-0.25, -0.2) is 4.79 Å². The molecule has 1 aromatic heterocycles. The van der Waals surface area contributed by atoms with E-state index in [0.717, 1.165) is 20.7 Å². The Morgan fingerprint density at radius 2 is 2.21 bits per heavy atom. The molecule has 0 fully saturated rings. The highest BCUT2D eigenvalue weighted by Gasteiger charge is 2.14. The van der Waals surface area contributed by atoms with Crippen LogP contribution in [0, 0.1) is 0 Å². The van der Waals surface area contributed by atoms with Crippen LogP contribution in [0.4, 0.5) is 0 Å². The Kier molecular flexibility index (Phi) is 4.16. The van der Waals surface area contributed by atoms with Crippen LogP contribution >= 0.6 is 27.7 Å². The van der Waals surface area contributed by atoms with Crippen molar-refractivity contribution >= 4 is 33.7 Å². The first-order valence-electron chi connectivity index (χ1n) is 5.27. The Bertz CT molecular complexity index is 627. The molecule has 0 aliphatic carbocycles. The fourth-order valence-electron chi connectivity index (χ4n) is 1.64. The third kappa shape index (κ3) is 2.76. The quantitative estimate of drug-likeness (QED) is 0.834. The van der Waals surface area contributed by atoms with Gasteiger partial charge in [0, 0.05) is 5.56 Å². The molecule has 0 unspecified atom stereocenters. The van der Waals surface area contributed by atoms with E-state index >= 15 is 0 Å². The van der Waals surface area contributed by atoms with Crippen LogP contribution in [-0.4, -0.2) is 34.6 Å². The zero-order chi connectivity index (χ0) is 14.0. The molecule has 2 rings (SSSR count). The van der Waals surface area contributed by atoms with Crippen LogP contribution in [0.25, 0.3) is 11.3 Å². The summed E-state index contributed by atoms with van der Waals surface area (Å²) >= 11 is 4.99. The fraction of sp³-hybridized carbons (Fsp3) is 0.167. The van der Waals surface area contributed by atoms with Gasteiger partial charge < -0.3 is 9.84 Å². The number of aromatic carboxylic acids is 1. The van der Waals surface area contributed by atoms with Crippen LogP contribution in [0.5, 0.6) is 5.75 Å². The number of benzene rings is 1. The minimum absolute atomic E-state index is 0.0626. The first kappa shape index (κ1) is 14.0. The normalized spacial score (nSPS) is 10.5. The number of thioether (sulfide) groups is 1. The van der Waals surface area contributed by atoms with Crippen LogP contribution in [0.1, 0.15) is 10.5 Å². The highest BCUT2D eigenvalue weighted by Crippen LogP contribution is 2.38. The van der Waals surface area contributed by atoms with Crippen molar-refractivity contribution in [2.75, 3.05) is 13.4 Å². The molecule has 2 aromatic rings. The standard InChI is InChI=1S/C12H11BrN2O3S/c1-18-11-7(13)3-6(4-10(11)19-2)8-5-9(12(16)17)15-14-8/h3-5H,1-2H3,(H,14,15)(H,16,17). The van der Waals surface area contributed by atoms with E-state index in [4.69, 9.17) is 9.84 Å². The molecule has 1 aromatic carbocycles. The summed E-state index contributed by atoms with van der Waals surface area (Å²) < 4.78 is 6.11. The van der Waals surface area contributed by atoms with Gasteiger partial charge in [0.15, 0.2) is 0 Å². The summed E-state index contributed by atoms with van der Waals surface area (Å²) in [5.41, 5.74) is 1.46. The Hall–Kier alpha value is -1.47. The number of nitrogens with zero attached hydrogens (tertiary/aromatic N) is 1. The molecule has 0 saturated heterocycles. The van der Waals surface area contributed by atoms with Gasteiger partial charge >= 0.3 is 5.97 Å². The predicted octanol–water partition coefficient (Wildman–Crippen LogP) is 3.27. The van der Waals surface area contributed by atoms with Crippen LogP contribution in [0.15, 0.2) is 27.6 Å². The summed E-state index contributed by atoms with van der Waals surface area (Å²) in [7, 11) is 1.61. The van der Waals surface area contributed by atoms with Gasteiger partial charge in [-0.2, -0.15) is 5.10 Å². The second-order valence-corrected chi connectivity index (χ2v) is 5.37. The number of aromatic nitrogens is 2. The molecule has 5 nitrogen and oxygen atoms in total. The number of aromatic amines is 1. The second kappa shape index (κ2) is 5.66. The van der Waals surface area contributed by atoms with Crippen molar-refractivity contribution in [2.45, 2.75) is 4.90 Å². The highest BCUT2D eigenvalue weighted by molar-refractivity contribution is 9.10. The number of methoxy groups -OCH3 is 1. The summed E-state index contributed by atoms with van der Waals surface area (Å²) in [6, 6.07) is 5.26. The maximum absolute atomic E-state index is 10.8. The molecule has 0 bridgehead atoms. The number of carboxylic acid groups (broad SMARTS) is 1. The van der Waals surface area contributed by atoms with Gasteiger partial charge in [-0.1, -0.05) is 0 Å². The maximum atomic E-state index is 10.8.